The van der Waals surface area contributed by atoms with Crippen LogP contribution in [-0.4, -0.2) is 24.1 Å². The van der Waals surface area contributed by atoms with Gasteiger partial charge in [0.1, 0.15) is 10.0 Å². The Morgan fingerprint density at radius 1 is 1.00 bits per heavy atom. The summed E-state index contributed by atoms with van der Waals surface area (Å²) in [5.74, 6) is 0. The number of hydrogen-bond acceptors (Lipinski definition) is 5. The summed E-state index contributed by atoms with van der Waals surface area (Å²) < 4.78 is 81.0. The molecule has 0 radical (unpaired) electrons. The molecule has 0 aliphatic heterocycles. The first-order chi connectivity index (χ1) is 14.8. The third kappa shape index (κ3) is 4.19. The van der Waals surface area contributed by atoms with Gasteiger partial charge in [-0.05, 0) is 6.07 Å². The van der Waals surface area contributed by atoms with Crippen molar-refractivity contribution >= 4 is 39.5 Å². The van der Waals surface area contributed by atoms with Crippen LogP contribution in [0, 0.1) is 0 Å². The smallest absolute Gasteiger partial charge is 0.269 e. The van der Waals surface area contributed by atoms with E-state index >= 15 is 0 Å². The minimum absolute atomic E-state index is 0.0568. The average molecular weight is 514 g/mol. The lowest BCUT2D eigenvalue weighted by molar-refractivity contribution is -0.141. The number of fused-ring (bicyclic) bond motifs is 1. The quantitative estimate of drug-likeness (QED) is 0.344. The van der Waals surface area contributed by atoms with Crippen LogP contribution in [-0.2, 0) is 18.9 Å². The van der Waals surface area contributed by atoms with Crippen LogP contribution in [0.2, 0.25) is 10.2 Å². The largest absolute Gasteiger partial charge is 0.435 e. The zero-order valence-electron chi connectivity index (χ0n) is 15.2. The molecule has 0 spiro atoms. The van der Waals surface area contributed by atoms with Gasteiger partial charge >= 0.3 is 12.4 Å². The van der Waals surface area contributed by atoms with Crippen molar-refractivity contribution in [3.8, 4) is 11.3 Å². The summed E-state index contributed by atoms with van der Waals surface area (Å²) in [7, 11) is 0. The van der Waals surface area contributed by atoms with Crippen LogP contribution in [0.1, 0.15) is 16.3 Å². The number of halogens is 8. The molecule has 4 aromatic rings. The van der Waals surface area contributed by atoms with Crippen molar-refractivity contribution in [2.75, 3.05) is 0 Å². The van der Waals surface area contributed by atoms with Crippen molar-refractivity contribution in [3.63, 3.8) is 0 Å². The van der Waals surface area contributed by atoms with Gasteiger partial charge in [0.2, 0.25) is 0 Å². The first-order valence-corrected chi connectivity index (χ1v) is 9.96. The molecule has 4 heterocycles. The van der Waals surface area contributed by atoms with Gasteiger partial charge in [0.05, 0.1) is 23.0 Å². The van der Waals surface area contributed by atoms with Crippen LogP contribution in [0.4, 0.5) is 26.3 Å². The lowest BCUT2D eigenvalue weighted by atomic mass is 10.2. The van der Waals surface area contributed by atoms with E-state index in [-0.39, 0.29) is 37.7 Å². The summed E-state index contributed by atoms with van der Waals surface area (Å²) in [6, 6.07) is 2.70. The van der Waals surface area contributed by atoms with Gasteiger partial charge in [-0.1, -0.05) is 34.5 Å². The molecule has 0 bridgehead atoms. The molecule has 0 unspecified atom stereocenters. The van der Waals surface area contributed by atoms with E-state index < -0.39 is 40.7 Å². The van der Waals surface area contributed by atoms with Crippen LogP contribution in [0.15, 0.2) is 35.4 Å². The number of hydrogen-bond donors (Lipinski definition) is 0. The van der Waals surface area contributed by atoms with Crippen molar-refractivity contribution in [1.29, 1.82) is 0 Å². The number of alkyl halides is 6. The SMILES string of the molecule is O=c1cc(Cn2nc(C(F)(F)F)cc2Cl)nc2sc(C(F)(F)F)c(-c3cncc(Cl)c3)n12. The molecule has 0 fully saturated rings. The van der Waals surface area contributed by atoms with E-state index in [0.29, 0.717) is 6.07 Å². The van der Waals surface area contributed by atoms with E-state index in [4.69, 9.17) is 23.2 Å². The van der Waals surface area contributed by atoms with Gasteiger partial charge in [-0.2, -0.15) is 31.4 Å². The maximum Gasteiger partial charge on any atom is 0.435 e. The van der Waals surface area contributed by atoms with Crippen molar-refractivity contribution in [3.05, 3.63) is 67.4 Å². The van der Waals surface area contributed by atoms with Crippen LogP contribution >= 0.6 is 34.5 Å². The average Bonchev–Trinajstić information content (AvgIpc) is 3.23. The number of rotatable bonds is 3. The van der Waals surface area contributed by atoms with Gasteiger partial charge in [-0.15, -0.1) is 0 Å². The van der Waals surface area contributed by atoms with E-state index in [0.717, 1.165) is 21.3 Å². The third-order valence-corrected chi connectivity index (χ3v) is 5.74. The predicted octanol–water partition coefficient (Wildman–Crippen LogP) is 5.41. The van der Waals surface area contributed by atoms with E-state index in [2.05, 4.69) is 15.1 Å². The highest BCUT2D eigenvalue weighted by atomic mass is 35.5. The second-order valence-electron chi connectivity index (χ2n) is 6.38. The summed E-state index contributed by atoms with van der Waals surface area (Å²) in [6.07, 6.45) is -7.24. The predicted molar refractivity (Wildman–Crippen MR) is 104 cm³/mol. The molecule has 4 rings (SSSR count). The van der Waals surface area contributed by atoms with Crippen molar-refractivity contribution in [1.82, 2.24) is 24.1 Å². The number of aromatic nitrogens is 5. The minimum Gasteiger partial charge on any atom is -0.269 e. The Hall–Kier alpha value is -2.64. The monoisotopic (exact) mass is 513 g/mol. The standard InChI is InChI=1S/C17H7Cl2F6N5OS/c18-8-1-7(4-26-5-8)13-14(17(23,24)25)32-15-27-9(2-12(31)30(13)15)6-29-11(19)3-10(28-29)16(20,21)22/h1-5H,6H2. The Balaban J connectivity index is 1.87. The van der Waals surface area contributed by atoms with Crippen LogP contribution < -0.4 is 5.56 Å². The summed E-state index contributed by atoms with van der Waals surface area (Å²) in [5, 5.41) is 2.99. The van der Waals surface area contributed by atoms with Crippen molar-refractivity contribution < 1.29 is 26.3 Å². The molecule has 0 saturated carbocycles. The molecule has 4 aromatic heterocycles. The lowest BCUT2D eigenvalue weighted by Gasteiger charge is -2.08. The Kier molecular flexibility index (Phi) is 5.46. The molecule has 0 N–H and O–H groups in total. The van der Waals surface area contributed by atoms with Crippen molar-refractivity contribution in [2.24, 2.45) is 0 Å². The highest BCUT2D eigenvalue weighted by molar-refractivity contribution is 7.17. The van der Waals surface area contributed by atoms with E-state index in [1.54, 1.807) is 0 Å². The molecular weight excluding hydrogens is 507 g/mol. The first-order valence-electron chi connectivity index (χ1n) is 8.39. The molecule has 0 aliphatic carbocycles. The third-order valence-electron chi connectivity index (χ3n) is 4.14. The summed E-state index contributed by atoms with van der Waals surface area (Å²) >= 11 is 11.8. The van der Waals surface area contributed by atoms with Crippen LogP contribution in [0.5, 0.6) is 0 Å². The van der Waals surface area contributed by atoms with E-state index in [9.17, 15) is 31.1 Å². The van der Waals surface area contributed by atoms with Gasteiger partial charge in [-0.25, -0.2) is 9.67 Å². The van der Waals surface area contributed by atoms with Crippen molar-refractivity contribution in [2.45, 2.75) is 18.9 Å². The number of pyridine rings is 1. The van der Waals surface area contributed by atoms with E-state index in [1.165, 1.54) is 12.3 Å². The molecular formula is C17H7Cl2F6N5OS. The highest BCUT2D eigenvalue weighted by Crippen LogP contribution is 2.42. The molecule has 0 amide bonds. The maximum atomic E-state index is 13.7. The van der Waals surface area contributed by atoms with Gasteiger partial charge in [-0.3, -0.25) is 14.2 Å². The number of nitrogens with zero attached hydrogens (tertiary/aromatic N) is 5. The molecule has 168 valence electrons. The Morgan fingerprint density at radius 3 is 2.31 bits per heavy atom. The fourth-order valence-corrected chi connectivity index (χ4v) is 4.31. The molecule has 0 aliphatic rings. The minimum atomic E-state index is -4.82. The molecule has 0 atom stereocenters. The Labute approximate surface area is 187 Å². The fraction of sp³-hybridized carbons (Fsp3) is 0.176. The molecule has 15 heteroatoms. The van der Waals surface area contributed by atoms with Crippen LogP contribution in [0.25, 0.3) is 16.2 Å². The normalized spacial score (nSPS) is 12.6. The zero-order valence-corrected chi connectivity index (χ0v) is 17.5. The van der Waals surface area contributed by atoms with Crippen LogP contribution in [0.3, 0.4) is 0 Å². The molecule has 0 aromatic carbocycles. The Morgan fingerprint density at radius 2 is 1.72 bits per heavy atom. The van der Waals surface area contributed by atoms with Gasteiger partial charge in [0.15, 0.2) is 10.7 Å². The second-order valence-corrected chi connectivity index (χ2v) is 8.18. The fourth-order valence-electron chi connectivity index (χ4n) is 2.89. The maximum absolute atomic E-state index is 13.7. The van der Waals surface area contributed by atoms with Gasteiger partial charge < -0.3 is 0 Å². The van der Waals surface area contributed by atoms with Gasteiger partial charge in [0, 0.05) is 30.1 Å². The summed E-state index contributed by atoms with van der Waals surface area (Å²) in [6.45, 7) is -0.464. The summed E-state index contributed by atoms with van der Waals surface area (Å²) in [4.78, 5) is 19.1. The zero-order chi connectivity index (χ0) is 23.4. The van der Waals surface area contributed by atoms with E-state index in [1.807, 2.05) is 0 Å². The summed E-state index contributed by atoms with van der Waals surface area (Å²) in [5.41, 5.74) is -2.82. The molecule has 0 saturated heterocycles. The number of thiazole rings is 1. The Bertz CT molecular complexity index is 1390. The first kappa shape index (κ1) is 22.6. The second kappa shape index (κ2) is 7.74. The lowest BCUT2D eigenvalue weighted by Crippen LogP contribution is -2.18. The topological polar surface area (TPSA) is 65.1 Å². The molecule has 6 nitrogen and oxygen atoms in total. The highest BCUT2D eigenvalue weighted by Gasteiger charge is 2.39. The van der Waals surface area contributed by atoms with Gasteiger partial charge in [0.25, 0.3) is 5.56 Å². The molecule has 32 heavy (non-hydrogen) atoms.